The van der Waals surface area contributed by atoms with E-state index in [-0.39, 0.29) is 48.3 Å². The van der Waals surface area contributed by atoms with Gasteiger partial charge in [0.1, 0.15) is 0 Å². The van der Waals surface area contributed by atoms with Crippen LogP contribution in [0, 0.1) is 17.6 Å². The predicted octanol–water partition coefficient (Wildman–Crippen LogP) is 5.13. The summed E-state index contributed by atoms with van der Waals surface area (Å²) >= 11 is 0. The second-order valence-electron chi connectivity index (χ2n) is 9.18. The van der Waals surface area contributed by atoms with Gasteiger partial charge in [-0.2, -0.15) is 26.3 Å². The lowest BCUT2D eigenvalue weighted by Gasteiger charge is -2.44. The normalized spacial score (nSPS) is 23.4. The molecule has 2 fully saturated rings. The summed E-state index contributed by atoms with van der Waals surface area (Å²) in [4.78, 5) is 22.0. The molecule has 0 radical (unpaired) electrons. The van der Waals surface area contributed by atoms with Gasteiger partial charge in [-0.25, -0.2) is 13.2 Å². The summed E-state index contributed by atoms with van der Waals surface area (Å²) in [6, 6.07) is 2.20. The van der Waals surface area contributed by atoms with Crippen LogP contribution in [0.3, 0.4) is 0 Å². The number of rotatable bonds is 4. The van der Waals surface area contributed by atoms with E-state index in [9.17, 15) is 39.9 Å². The zero-order chi connectivity index (χ0) is 27.0. The van der Waals surface area contributed by atoms with Crippen molar-refractivity contribution in [2.75, 3.05) is 13.1 Å². The fraction of sp³-hybridized carbons (Fsp3) is 0.391. The molecular weight excluding hydrogens is 521 g/mol. The Morgan fingerprint density at radius 2 is 1.76 bits per heavy atom. The van der Waals surface area contributed by atoms with E-state index in [1.165, 1.54) is 17.0 Å². The maximum absolute atomic E-state index is 15.1. The Morgan fingerprint density at radius 1 is 1.08 bits per heavy atom. The van der Waals surface area contributed by atoms with E-state index in [4.69, 9.17) is 0 Å². The number of carbonyl (C=O) groups is 1. The highest BCUT2D eigenvalue weighted by Crippen LogP contribution is 2.49. The highest BCUT2D eigenvalue weighted by molar-refractivity contribution is 5.82. The van der Waals surface area contributed by atoms with Gasteiger partial charge in [0, 0.05) is 23.2 Å². The van der Waals surface area contributed by atoms with Crippen molar-refractivity contribution in [3.8, 4) is 0 Å². The summed E-state index contributed by atoms with van der Waals surface area (Å²) in [6.45, 7) is -0.429. The average molecular weight is 537 g/mol. The Hall–Kier alpha value is -3.29. The topological polar surface area (TPSA) is 54.5 Å². The number of hydrogen-bond acceptors (Lipinski definition) is 4. The SMILES string of the molecule is O=C(C1CC1)N1CC(F)(c2ccc(C3=CC(c4cc(F)c(F)c(C(F)(F)F)c4)(C(F)(F)F)ON3)cn2)C1. The van der Waals surface area contributed by atoms with Gasteiger partial charge in [0.15, 0.2) is 17.3 Å². The van der Waals surface area contributed by atoms with Crippen molar-refractivity contribution >= 4 is 11.6 Å². The molecule has 3 aliphatic rings. The Morgan fingerprint density at radius 3 is 2.30 bits per heavy atom. The van der Waals surface area contributed by atoms with E-state index < -0.39 is 52.1 Å². The number of hydroxylamine groups is 1. The van der Waals surface area contributed by atoms with Gasteiger partial charge in [0.2, 0.25) is 11.5 Å². The van der Waals surface area contributed by atoms with Gasteiger partial charge in [-0.05, 0) is 43.2 Å². The smallest absolute Gasteiger partial charge is 0.335 e. The first kappa shape index (κ1) is 25.4. The van der Waals surface area contributed by atoms with E-state index >= 15 is 4.39 Å². The van der Waals surface area contributed by atoms with Gasteiger partial charge in [-0.3, -0.25) is 20.1 Å². The molecule has 1 atom stereocenters. The predicted molar refractivity (Wildman–Crippen MR) is 108 cm³/mol. The molecule has 1 aromatic heterocycles. The van der Waals surface area contributed by atoms with Crippen LogP contribution in [0.1, 0.15) is 35.2 Å². The first-order valence-corrected chi connectivity index (χ1v) is 10.9. The summed E-state index contributed by atoms with van der Waals surface area (Å²) in [5, 5.41) is 0. The molecule has 3 heterocycles. The van der Waals surface area contributed by atoms with Crippen molar-refractivity contribution in [1.29, 1.82) is 0 Å². The Bertz CT molecular complexity index is 1280. The quantitative estimate of drug-likeness (QED) is 0.550. The second-order valence-corrected chi connectivity index (χ2v) is 9.18. The van der Waals surface area contributed by atoms with Crippen LogP contribution in [0.5, 0.6) is 0 Å². The van der Waals surface area contributed by atoms with Crippen molar-refractivity contribution in [1.82, 2.24) is 15.4 Å². The van der Waals surface area contributed by atoms with Gasteiger partial charge in [0.25, 0.3) is 0 Å². The number of hydrogen-bond donors (Lipinski definition) is 1. The number of nitrogens with zero attached hydrogens (tertiary/aromatic N) is 2. The summed E-state index contributed by atoms with van der Waals surface area (Å²) in [5.41, 5.74) is -7.69. The summed E-state index contributed by atoms with van der Waals surface area (Å²) in [7, 11) is 0. The minimum absolute atomic E-state index is 0.0291. The zero-order valence-electron chi connectivity index (χ0n) is 18.5. The first-order valence-electron chi connectivity index (χ1n) is 10.9. The number of nitrogens with one attached hydrogen (secondary N) is 1. The minimum atomic E-state index is -5.48. The molecule has 1 aromatic carbocycles. The van der Waals surface area contributed by atoms with Crippen molar-refractivity contribution < 1.29 is 49.1 Å². The molecule has 1 unspecified atom stereocenters. The third-order valence-electron chi connectivity index (χ3n) is 6.51. The van der Waals surface area contributed by atoms with Crippen LogP contribution in [0.15, 0.2) is 36.5 Å². The van der Waals surface area contributed by atoms with Gasteiger partial charge in [-0.15, -0.1) is 0 Å². The molecule has 1 saturated heterocycles. The fourth-order valence-electron chi connectivity index (χ4n) is 4.28. The van der Waals surface area contributed by atoms with Crippen LogP contribution in [0.4, 0.5) is 39.5 Å². The molecule has 1 N–H and O–H groups in total. The van der Waals surface area contributed by atoms with Crippen LogP contribution in [-0.2, 0) is 27.1 Å². The Balaban J connectivity index is 1.44. The third-order valence-corrected chi connectivity index (χ3v) is 6.51. The fourth-order valence-corrected chi connectivity index (χ4v) is 4.28. The minimum Gasteiger partial charge on any atom is -0.335 e. The molecule has 5 nitrogen and oxygen atoms in total. The van der Waals surface area contributed by atoms with E-state index in [1.54, 1.807) is 0 Å². The van der Waals surface area contributed by atoms with E-state index in [0.29, 0.717) is 6.08 Å². The monoisotopic (exact) mass is 537 g/mol. The lowest BCUT2D eigenvalue weighted by molar-refractivity contribution is -0.269. The van der Waals surface area contributed by atoms with Gasteiger partial charge >= 0.3 is 12.4 Å². The number of halogens is 9. The van der Waals surface area contributed by atoms with Crippen LogP contribution in [-0.4, -0.2) is 35.1 Å². The maximum Gasteiger partial charge on any atom is 0.428 e. The molecule has 2 aliphatic heterocycles. The highest BCUT2D eigenvalue weighted by Gasteiger charge is 2.60. The molecule has 2 aromatic rings. The third kappa shape index (κ3) is 4.20. The van der Waals surface area contributed by atoms with Gasteiger partial charge in [-0.1, -0.05) is 0 Å². The number of likely N-dealkylation sites (tertiary alicyclic amines) is 1. The first-order chi connectivity index (χ1) is 17.1. The zero-order valence-corrected chi connectivity index (χ0v) is 18.5. The van der Waals surface area contributed by atoms with Crippen molar-refractivity contribution in [2.24, 2.45) is 5.92 Å². The van der Waals surface area contributed by atoms with Crippen LogP contribution < -0.4 is 5.48 Å². The average Bonchev–Trinajstić information content (AvgIpc) is 3.54. The highest BCUT2D eigenvalue weighted by atomic mass is 19.4. The molecule has 0 bridgehead atoms. The van der Waals surface area contributed by atoms with Gasteiger partial charge < -0.3 is 4.90 Å². The number of benzene rings is 1. The number of alkyl halides is 7. The second kappa shape index (κ2) is 8.10. The van der Waals surface area contributed by atoms with Crippen LogP contribution >= 0.6 is 0 Å². The molecule has 1 aliphatic carbocycles. The number of carbonyl (C=O) groups excluding carboxylic acids is 1. The lowest BCUT2D eigenvalue weighted by atomic mass is 9.89. The lowest BCUT2D eigenvalue weighted by Crippen LogP contribution is -2.59. The number of amides is 1. The van der Waals surface area contributed by atoms with Crippen LogP contribution in [0.25, 0.3) is 5.70 Å². The van der Waals surface area contributed by atoms with E-state index in [1.807, 2.05) is 5.48 Å². The number of aromatic nitrogens is 1. The summed E-state index contributed by atoms with van der Waals surface area (Å²) < 4.78 is 124. The summed E-state index contributed by atoms with van der Waals surface area (Å²) in [5.74, 6) is -4.72. The standard InChI is InChI=1S/C23H16F9N3O2/c24-15-6-13(5-14(18(15)25)22(27,28)29)21(23(30,31)32)7-16(34-37-21)12-3-4-17(33-8-12)20(26)9-35(10-20)19(36)11-1-2-11/h3-8,11,34H,1-2,9-10H2. The molecule has 37 heavy (non-hydrogen) atoms. The maximum atomic E-state index is 15.1. The van der Waals surface area contributed by atoms with E-state index in [0.717, 1.165) is 19.0 Å². The Kier molecular flexibility index (Phi) is 5.55. The largest absolute Gasteiger partial charge is 0.428 e. The molecular formula is C23H16F9N3O2. The van der Waals surface area contributed by atoms with Gasteiger partial charge in [0.05, 0.1) is 30.0 Å². The molecule has 1 saturated carbocycles. The van der Waals surface area contributed by atoms with E-state index in [2.05, 4.69) is 9.82 Å². The van der Waals surface area contributed by atoms with Crippen LogP contribution in [0.2, 0.25) is 0 Å². The summed E-state index contributed by atoms with van der Waals surface area (Å²) in [6.07, 6.45) is -7.99. The molecule has 14 heteroatoms. The van der Waals surface area contributed by atoms with Crippen molar-refractivity contribution in [2.45, 2.75) is 36.5 Å². The number of pyridine rings is 1. The Labute approximate surface area is 202 Å². The van der Waals surface area contributed by atoms with Crippen molar-refractivity contribution in [3.05, 3.63) is 70.6 Å². The molecule has 1 amide bonds. The van der Waals surface area contributed by atoms with Crippen molar-refractivity contribution in [3.63, 3.8) is 0 Å². The molecule has 5 rings (SSSR count). The molecule has 0 spiro atoms. The molecule has 198 valence electrons.